The van der Waals surface area contributed by atoms with Crippen LogP contribution in [0.15, 0.2) is 6.07 Å². The maximum absolute atomic E-state index is 5.42. The largest absolute Gasteiger partial charge is 0.481 e. The van der Waals surface area contributed by atoms with Crippen LogP contribution in [0.3, 0.4) is 0 Å². The number of methoxy groups -OCH3 is 1. The summed E-state index contributed by atoms with van der Waals surface area (Å²) in [5.74, 6) is 0.789. The summed E-state index contributed by atoms with van der Waals surface area (Å²) < 4.78 is 6.92. The smallest absolute Gasteiger partial charge is 0.211 e. The third-order valence-corrected chi connectivity index (χ3v) is 1.71. The van der Waals surface area contributed by atoms with Gasteiger partial charge in [0.2, 0.25) is 5.88 Å². The molecule has 1 aromatic heterocycles. The van der Waals surface area contributed by atoms with Gasteiger partial charge in [0, 0.05) is 12.6 Å². The van der Waals surface area contributed by atoms with E-state index in [1.165, 1.54) is 0 Å². The molecule has 0 fully saturated rings. The van der Waals surface area contributed by atoms with Crippen LogP contribution in [-0.2, 0) is 13.0 Å². The Balaban J connectivity index is 2.84. The molecular formula is C8H15N3O. The van der Waals surface area contributed by atoms with Gasteiger partial charge in [-0.2, -0.15) is 5.10 Å². The molecule has 68 valence electrons. The first-order valence-electron chi connectivity index (χ1n) is 4.12. The van der Waals surface area contributed by atoms with Crippen LogP contribution < -0.4 is 10.5 Å². The molecule has 2 N–H and O–H groups in total. The molecule has 0 aliphatic heterocycles. The highest BCUT2D eigenvalue weighted by Crippen LogP contribution is 2.12. The Morgan fingerprint density at radius 3 is 2.92 bits per heavy atom. The molecule has 1 heterocycles. The molecule has 1 rings (SSSR count). The lowest BCUT2D eigenvalue weighted by Gasteiger charge is -2.02. The number of ether oxygens (including phenoxy) is 1. The molecule has 0 saturated heterocycles. The molecule has 0 unspecified atom stereocenters. The van der Waals surface area contributed by atoms with Crippen LogP contribution in [0.25, 0.3) is 0 Å². The third-order valence-electron chi connectivity index (χ3n) is 1.71. The monoisotopic (exact) mass is 169 g/mol. The van der Waals surface area contributed by atoms with E-state index in [0.717, 1.165) is 18.0 Å². The van der Waals surface area contributed by atoms with Crippen molar-refractivity contribution in [3.63, 3.8) is 0 Å². The van der Waals surface area contributed by atoms with Gasteiger partial charge in [0.15, 0.2) is 0 Å². The zero-order valence-electron chi connectivity index (χ0n) is 7.58. The quantitative estimate of drug-likeness (QED) is 0.710. The van der Waals surface area contributed by atoms with E-state index in [1.54, 1.807) is 11.8 Å². The van der Waals surface area contributed by atoms with Gasteiger partial charge in [-0.3, -0.25) is 0 Å². The lowest BCUT2D eigenvalue weighted by molar-refractivity contribution is 0.361. The third kappa shape index (κ3) is 1.76. The molecule has 4 nitrogen and oxygen atoms in total. The maximum atomic E-state index is 5.42. The number of aryl methyl sites for hydroxylation is 1. The number of hydrogen-bond acceptors (Lipinski definition) is 3. The highest BCUT2D eigenvalue weighted by atomic mass is 16.5. The fourth-order valence-electron chi connectivity index (χ4n) is 1.07. The summed E-state index contributed by atoms with van der Waals surface area (Å²) in [5.41, 5.74) is 6.46. The molecule has 0 amide bonds. The molecule has 0 aromatic carbocycles. The first kappa shape index (κ1) is 9.06. The van der Waals surface area contributed by atoms with Crippen molar-refractivity contribution in [2.75, 3.05) is 13.7 Å². The van der Waals surface area contributed by atoms with E-state index in [9.17, 15) is 0 Å². The summed E-state index contributed by atoms with van der Waals surface area (Å²) in [6.45, 7) is 3.36. The standard InChI is InChI=1S/C8H15N3O/c1-3-7-6-8(12-2)11(10-7)5-4-9/h6H,3-5,9H2,1-2H3. The Hall–Kier alpha value is -1.03. The van der Waals surface area contributed by atoms with E-state index in [4.69, 9.17) is 10.5 Å². The van der Waals surface area contributed by atoms with Crippen LogP contribution in [0.5, 0.6) is 5.88 Å². The van der Waals surface area contributed by atoms with Crippen molar-refractivity contribution >= 4 is 0 Å². The van der Waals surface area contributed by atoms with Gasteiger partial charge >= 0.3 is 0 Å². The molecule has 0 aliphatic carbocycles. The second-order valence-electron chi connectivity index (χ2n) is 2.54. The molecular weight excluding hydrogens is 154 g/mol. The normalized spacial score (nSPS) is 10.2. The average Bonchev–Trinajstić information content (AvgIpc) is 2.48. The van der Waals surface area contributed by atoms with Gasteiger partial charge in [-0.15, -0.1) is 0 Å². The second kappa shape index (κ2) is 4.11. The van der Waals surface area contributed by atoms with Crippen LogP contribution in [0.1, 0.15) is 12.6 Å². The van der Waals surface area contributed by atoms with Crippen molar-refractivity contribution in [2.45, 2.75) is 19.9 Å². The predicted molar refractivity (Wildman–Crippen MR) is 47.2 cm³/mol. The Morgan fingerprint density at radius 1 is 1.67 bits per heavy atom. The van der Waals surface area contributed by atoms with Crippen LogP contribution in [0.4, 0.5) is 0 Å². The molecule has 0 bridgehead atoms. The lowest BCUT2D eigenvalue weighted by atomic mass is 10.3. The maximum Gasteiger partial charge on any atom is 0.211 e. The lowest BCUT2D eigenvalue weighted by Crippen LogP contribution is -2.12. The molecule has 0 saturated carbocycles. The zero-order valence-corrected chi connectivity index (χ0v) is 7.58. The summed E-state index contributed by atoms with van der Waals surface area (Å²) in [7, 11) is 1.64. The van der Waals surface area contributed by atoms with Crippen LogP contribution in [0.2, 0.25) is 0 Å². The Labute approximate surface area is 72.3 Å². The molecule has 0 spiro atoms. The van der Waals surface area contributed by atoms with E-state index in [-0.39, 0.29) is 0 Å². The van der Waals surface area contributed by atoms with Crippen molar-refractivity contribution in [3.05, 3.63) is 11.8 Å². The minimum atomic E-state index is 0.585. The Morgan fingerprint density at radius 2 is 2.42 bits per heavy atom. The fourth-order valence-corrected chi connectivity index (χ4v) is 1.07. The van der Waals surface area contributed by atoms with Crippen molar-refractivity contribution in [1.29, 1.82) is 0 Å². The molecule has 12 heavy (non-hydrogen) atoms. The summed E-state index contributed by atoms with van der Waals surface area (Å²) in [4.78, 5) is 0. The fraction of sp³-hybridized carbons (Fsp3) is 0.625. The number of nitrogens with zero attached hydrogens (tertiary/aromatic N) is 2. The molecule has 0 atom stereocenters. The zero-order chi connectivity index (χ0) is 8.97. The van der Waals surface area contributed by atoms with E-state index in [1.807, 2.05) is 6.07 Å². The molecule has 0 radical (unpaired) electrons. The van der Waals surface area contributed by atoms with Crippen molar-refractivity contribution < 1.29 is 4.74 Å². The number of aromatic nitrogens is 2. The first-order valence-corrected chi connectivity index (χ1v) is 4.12. The summed E-state index contributed by atoms with van der Waals surface area (Å²) in [6, 6.07) is 1.94. The first-order chi connectivity index (χ1) is 5.81. The number of hydrogen-bond donors (Lipinski definition) is 1. The van der Waals surface area contributed by atoms with Crippen molar-refractivity contribution in [1.82, 2.24) is 9.78 Å². The van der Waals surface area contributed by atoms with Gasteiger partial charge in [-0.05, 0) is 6.42 Å². The summed E-state index contributed by atoms with van der Waals surface area (Å²) in [5, 5.41) is 4.30. The van der Waals surface area contributed by atoms with E-state index < -0.39 is 0 Å². The van der Waals surface area contributed by atoms with Gasteiger partial charge in [-0.25, -0.2) is 4.68 Å². The van der Waals surface area contributed by atoms with Crippen LogP contribution >= 0.6 is 0 Å². The SMILES string of the molecule is CCc1cc(OC)n(CCN)n1. The number of rotatable bonds is 4. The van der Waals surface area contributed by atoms with Crippen LogP contribution in [0, 0.1) is 0 Å². The van der Waals surface area contributed by atoms with E-state index in [2.05, 4.69) is 12.0 Å². The second-order valence-corrected chi connectivity index (χ2v) is 2.54. The van der Waals surface area contributed by atoms with Crippen molar-refractivity contribution in [2.24, 2.45) is 5.73 Å². The van der Waals surface area contributed by atoms with Gasteiger partial charge in [-0.1, -0.05) is 6.92 Å². The summed E-state index contributed by atoms with van der Waals surface area (Å²) >= 11 is 0. The van der Waals surface area contributed by atoms with Gasteiger partial charge in [0.05, 0.1) is 19.3 Å². The predicted octanol–water partition coefficient (Wildman–Crippen LogP) is 0.413. The van der Waals surface area contributed by atoms with E-state index in [0.29, 0.717) is 13.1 Å². The topological polar surface area (TPSA) is 53.1 Å². The van der Waals surface area contributed by atoms with Gasteiger partial charge in [0.1, 0.15) is 0 Å². The molecule has 1 aromatic rings. The highest BCUT2D eigenvalue weighted by molar-refractivity contribution is 5.15. The Kier molecular flexibility index (Phi) is 3.10. The van der Waals surface area contributed by atoms with Gasteiger partial charge < -0.3 is 10.5 Å². The minimum absolute atomic E-state index is 0.585. The average molecular weight is 169 g/mol. The van der Waals surface area contributed by atoms with Crippen molar-refractivity contribution in [3.8, 4) is 5.88 Å². The highest BCUT2D eigenvalue weighted by Gasteiger charge is 2.04. The molecule has 0 aliphatic rings. The van der Waals surface area contributed by atoms with Gasteiger partial charge in [0.25, 0.3) is 0 Å². The minimum Gasteiger partial charge on any atom is -0.481 e. The summed E-state index contributed by atoms with van der Waals surface area (Å²) in [6.07, 6.45) is 0.925. The number of nitrogens with two attached hydrogens (primary N) is 1. The van der Waals surface area contributed by atoms with Crippen LogP contribution in [-0.4, -0.2) is 23.4 Å². The Bertz CT molecular complexity index is 244. The van der Waals surface area contributed by atoms with E-state index >= 15 is 0 Å². The molecule has 4 heteroatoms.